The van der Waals surface area contributed by atoms with Gasteiger partial charge in [-0.3, -0.25) is 0 Å². The van der Waals surface area contributed by atoms with E-state index < -0.39 is 5.60 Å². The lowest BCUT2D eigenvalue weighted by atomic mass is 10.2. The van der Waals surface area contributed by atoms with Crippen LogP contribution < -0.4 is 11.1 Å². The van der Waals surface area contributed by atoms with Crippen LogP contribution in [0.1, 0.15) is 32.8 Å². The van der Waals surface area contributed by atoms with E-state index in [0.717, 1.165) is 25.2 Å². The third-order valence-corrected chi connectivity index (χ3v) is 3.41. The monoisotopic (exact) mass is 327 g/mol. The van der Waals surface area contributed by atoms with Gasteiger partial charge in [0.25, 0.3) is 0 Å². The quantitative estimate of drug-likeness (QED) is 0.838. The summed E-state index contributed by atoms with van der Waals surface area (Å²) in [5, 5.41) is 3.47. The Bertz CT molecular complexity index is 485. The molecule has 22 heavy (non-hydrogen) atoms. The molecule has 124 valence electrons. The first-order chi connectivity index (χ1) is 9.83. The summed E-state index contributed by atoms with van der Waals surface area (Å²) in [6, 6.07) is 8.15. The number of amides is 1. The van der Waals surface area contributed by atoms with Crippen molar-refractivity contribution >= 4 is 24.2 Å². The summed E-state index contributed by atoms with van der Waals surface area (Å²) in [4.78, 5) is 13.8. The van der Waals surface area contributed by atoms with Gasteiger partial charge in [-0.2, -0.15) is 0 Å². The first-order valence-corrected chi connectivity index (χ1v) is 7.39. The number of hydrogen-bond acceptors (Lipinski definition) is 4. The number of nitrogen functional groups attached to an aromatic ring is 1. The van der Waals surface area contributed by atoms with E-state index >= 15 is 0 Å². The molecule has 1 aromatic carbocycles. The Morgan fingerprint density at radius 1 is 1.36 bits per heavy atom. The van der Waals surface area contributed by atoms with E-state index in [4.69, 9.17) is 10.5 Å². The highest BCUT2D eigenvalue weighted by Crippen LogP contribution is 2.16. The van der Waals surface area contributed by atoms with Crippen molar-refractivity contribution in [1.82, 2.24) is 10.2 Å². The second-order valence-electron chi connectivity index (χ2n) is 6.53. The summed E-state index contributed by atoms with van der Waals surface area (Å²) in [7, 11) is 0. The van der Waals surface area contributed by atoms with Gasteiger partial charge in [0.2, 0.25) is 0 Å². The molecular formula is C16H26ClN3O2. The molecule has 0 aliphatic carbocycles. The molecule has 1 fully saturated rings. The predicted molar refractivity (Wildman–Crippen MR) is 91.2 cm³/mol. The van der Waals surface area contributed by atoms with Gasteiger partial charge in [0, 0.05) is 31.4 Å². The van der Waals surface area contributed by atoms with Crippen LogP contribution in [0.25, 0.3) is 0 Å². The maximum Gasteiger partial charge on any atom is 0.410 e. The SMILES string of the molecule is CC(C)(C)OC(=O)N1CCC(NCc2ccc(N)cc2)C1.Cl. The largest absolute Gasteiger partial charge is 0.444 e. The number of ether oxygens (including phenoxy) is 1. The molecule has 5 nitrogen and oxygen atoms in total. The van der Waals surface area contributed by atoms with Crippen LogP contribution in [0, 0.1) is 0 Å². The average molecular weight is 328 g/mol. The van der Waals surface area contributed by atoms with Gasteiger partial charge in [-0.15, -0.1) is 12.4 Å². The van der Waals surface area contributed by atoms with Crippen LogP contribution in [0.4, 0.5) is 10.5 Å². The lowest BCUT2D eigenvalue weighted by Gasteiger charge is -2.24. The molecule has 6 heteroatoms. The summed E-state index contributed by atoms with van der Waals surface area (Å²) in [5.41, 5.74) is 7.20. The Morgan fingerprint density at radius 2 is 2.00 bits per heavy atom. The molecule has 0 saturated carbocycles. The number of anilines is 1. The van der Waals surface area contributed by atoms with E-state index in [1.807, 2.05) is 45.0 Å². The molecule has 0 spiro atoms. The minimum atomic E-state index is -0.438. The van der Waals surface area contributed by atoms with Crippen molar-refractivity contribution in [2.75, 3.05) is 18.8 Å². The second-order valence-corrected chi connectivity index (χ2v) is 6.53. The zero-order valence-corrected chi connectivity index (χ0v) is 14.3. The molecule has 1 atom stereocenters. The lowest BCUT2D eigenvalue weighted by Crippen LogP contribution is -2.38. The second kappa shape index (κ2) is 7.70. The molecule has 1 aliphatic heterocycles. The summed E-state index contributed by atoms with van der Waals surface area (Å²) in [6.45, 7) is 7.89. The van der Waals surface area contributed by atoms with Gasteiger partial charge < -0.3 is 20.7 Å². The molecule has 3 N–H and O–H groups in total. The number of carbonyl (C=O) groups is 1. The minimum Gasteiger partial charge on any atom is -0.444 e. The highest BCUT2D eigenvalue weighted by Gasteiger charge is 2.29. The molecule has 0 radical (unpaired) electrons. The summed E-state index contributed by atoms with van der Waals surface area (Å²) in [6.07, 6.45) is 0.730. The van der Waals surface area contributed by atoms with Crippen LogP contribution >= 0.6 is 12.4 Å². The number of nitrogens with two attached hydrogens (primary N) is 1. The van der Waals surface area contributed by atoms with E-state index in [2.05, 4.69) is 5.32 Å². The maximum atomic E-state index is 12.0. The zero-order chi connectivity index (χ0) is 15.5. The van der Waals surface area contributed by atoms with Crippen LogP contribution in [0.5, 0.6) is 0 Å². The fourth-order valence-electron chi connectivity index (χ4n) is 2.32. The third-order valence-electron chi connectivity index (χ3n) is 3.41. The van der Waals surface area contributed by atoms with E-state index in [-0.39, 0.29) is 18.5 Å². The van der Waals surface area contributed by atoms with Crippen molar-refractivity contribution in [2.45, 2.75) is 45.4 Å². The fourth-order valence-corrected chi connectivity index (χ4v) is 2.32. The highest BCUT2D eigenvalue weighted by atomic mass is 35.5. The smallest absolute Gasteiger partial charge is 0.410 e. The van der Waals surface area contributed by atoms with Gasteiger partial charge >= 0.3 is 6.09 Å². The summed E-state index contributed by atoms with van der Waals surface area (Å²) in [5.74, 6) is 0. The van der Waals surface area contributed by atoms with Crippen LogP contribution in [0.15, 0.2) is 24.3 Å². The van der Waals surface area contributed by atoms with E-state index in [9.17, 15) is 4.79 Å². The first-order valence-electron chi connectivity index (χ1n) is 7.39. The molecule has 1 unspecified atom stereocenters. The van der Waals surface area contributed by atoms with E-state index in [1.54, 1.807) is 4.90 Å². The zero-order valence-electron chi connectivity index (χ0n) is 13.5. The van der Waals surface area contributed by atoms with E-state index in [1.165, 1.54) is 5.56 Å². The third kappa shape index (κ3) is 5.73. The topological polar surface area (TPSA) is 67.6 Å². The average Bonchev–Trinajstić information content (AvgIpc) is 2.85. The number of likely N-dealkylation sites (tertiary alicyclic amines) is 1. The Kier molecular flexibility index (Phi) is 6.50. The van der Waals surface area contributed by atoms with Gasteiger partial charge in [-0.05, 0) is 44.9 Å². The highest BCUT2D eigenvalue weighted by molar-refractivity contribution is 5.85. The number of hydrogen-bond donors (Lipinski definition) is 2. The summed E-state index contributed by atoms with van der Waals surface area (Å²) < 4.78 is 5.39. The first kappa shape index (κ1) is 18.6. The van der Waals surface area contributed by atoms with Crippen molar-refractivity contribution < 1.29 is 9.53 Å². The van der Waals surface area contributed by atoms with Crippen LogP contribution in [0.3, 0.4) is 0 Å². The Morgan fingerprint density at radius 3 is 2.59 bits per heavy atom. The number of nitrogens with one attached hydrogen (secondary N) is 1. The van der Waals surface area contributed by atoms with Crippen molar-refractivity contribution in [3.05, 3.63) is 29.8 Å². The molecule has 1 heterocycles. The minimum absolute atomic E-state index is 0. The van der Waals surface area contributed by atoms with Crippen molar-refractivity contribution in [3.8, 4) is 0 Å². The molecule has 0 aromatic heterocycles. The molecule has 1 aliphatic rings. The van der Waals surface area contributed by atoms with Gasteiger partial charge in [-0.25, -0.2) is 4.79 Å². The fraction of sp³-hybridized carbons (Fsp3) is 0.562. The van der Waals surface area contributed by atoms with Crippen molar-refractivity contribution in [3.63, 3.8) is 0 Å². The molecule has 1 saturated heterocycles. The summed E-state index contributed by atoms with van der Waals surface area (Å²) >= 11 is 0. The van der Waals surface area contributed by atoms with E-state index in [0.29, 0.717) is 12.6 Å². The standard InChI is InChI=1S/C16H25N3O2.ClH/c1-16(2,3)21-15(20)19-9-8-14(11-19)18-10-12-4-6-13(17)7-5-12;/h4-7,14,18H,8-11,17H2,1-3H3;1H. The van der Waals surface area contributed by atoms with Gasteiger partial charge in [0.05, 0.1) is 0 Å². The van der Waals surface area contributed by atoms with Crippen molar-refractivity contribution in [2.24, 2.45) is 0 Å². The molecule has 1 aromatic rings. The molecule has 2 rings (SSSR count). The van der Waals surface area contributed by atoms with Gasteiger partial charge in [0.15, 0.2) is 0 Å². The molecule has 0 bridgehead atoms. The number of rotatable bonds is 3. The number of benzene rings is 1. The lowest BCUT2D eigenvalue weighted by molar-refractivity contribution is 0.0291. The van der Waals surface area contributed by atoms with Crippen LogP contribution in [-0.2, 0) is 11.3 Å². The number of halogens is 1. The Balaban J connectivity index is 0.00000242. The number of carbonyl (C=O) groups excluding carboxylic acids is 1. The predicted octanol–water partition coefficient (Wildman–Crippen LogP) is 2.79. The normalized spacial score (nSPS) is 18.0. The Hall–Kier alpha value is -1.46. The van der Waals surface area contributed by atoms with Gasteiger partial charge in [0.1, 0.15) is 5.60 Å². The Labute approximate surface area is 138 Å². The van der Waals surface area contributed by atoms with Crippen LogP contribution in [-0.4, -0.2) is 35.7 Å². The van der Waals surface area contributed by atoms with Gasteiger partial charge in [-0.1, -0.05) is 12.1 Å². The van der Waals surface area contributed by atoms with Crippen molar-refractivity contribution in [1.29, 1.82) is 0 Å². The number of nitrogens with zero attached hydrogens (tertiary/aromatic N) is 1. The maximum absolute atomic E-state index is 12.0. The molecular weight excluding hydrogens is 302 g/mol. The van der Waals surface area contributed by atoms with Crippen LogP contribution in [0.2, 0.25) is 0 Å². The molecule has 1 amide bonds.